The van der Waals surface area contributed by atoms with Crippen molar-refractivity contribution < 1.29 is 19.0 Å². The van der Waals surface area contributed by atoms with Crippen LogP contribution < -0.4 is 9.47 Å². The number of nitrogens with zero attached hydrogens (tertiary/aromatic N) is 1. The Morgan fingerprint density at radius 1 is 1.04 bits per heavy atom. The highest BCUT2D eigenvalue weighted by Crippen LogP contribution is 2.23. The number of aryl methyl sites for hydroxylation is 2. The highest BCUT2D eigenvalue weighted by molar-refractivity contribution is 6.07. The van der Waals surface area contributed by atoms with E-state index in [1.54, 1.807) is 20.3 Å². The van der Waals surface area contributed by atoms with E-state index in [1.807, 2.05) is 49.4 Å². The van der Waals surface area contributed by atoms with Crippen LogP contribution in [-0.4, -0.2) is 26.1 Å². The topological polar surface area (TPSA) is 57.1 Å². The molecule has 0 atom stereocenters. The quantitative estimate of drug-likeness (QED) is 0.584. The molecule has 0 radical (unpaired) electrons. The maximum Gasteiger partial charge on any atom is 0.363 e. The molecule has 5 nitrogen and oxygen atoms in total. The zero-order valence-electron chi connectivity index (χ0n) is 15.1. The van der Waals surface area contributed by atoms with Gasteiger partial charge in [-0.25, -0.2) is 9.79 Å². The van der Waals surface area contributed by atoms with Crippen molar-refractivity contribution in [3.8, 4) is 11.5 Å². The number of rotatable bonds is 6. The lowest BCUT2D eigenvalue weighted by Gasteiger charge is -2.04. The van der Waals surface area contributed by atoms with Crippen LogP contribution >= 0.6 is 0 Å². The highest BCUT2D eigenvalue weighted by atomic mass is 16.6. The molecule has 0 aromatic heterocycles. The van der Waals surface area contributed by atoms with Gasteiger partial charge in [0.1, 0.15) is 11.5 Å². The summed E-state index contributed by atoms with van der Waals surface area (Å²) in [5, 5.41) is 0. The Bertz CT molecular complexity index is 866. The van der Waals surface area contributed by atoms with Gasteiger partial charge in [-0.1, -0.05) is 18.2 Å². The van der Waals surface area contributed by atoms with Gasteiger partial charge in [-0.05, 0) is 60.4 Å². The lowest BCUT2D eigenvalue weighted by atomic mass is 10.1. The smallest absolute Gasteiger partial charge is 0.363 e. The summed E-state index contributed by atoms with van der Waals surface area (Å²) in [4.78, 5) is 16.4. The van der Waals surface area contributed by atoms with E-state index in [0.717, 1.165) is 34.6 Å². The predicted molar refractivity (Wildman–Crippen MR) is 101 cm³/mol. The van der Waals surface area contributed by atoms with E-state index < -0.39 is 5.97 Å². The molecule has 0 aliphatic carbocycles. The molecule has 1 aliphatic heterocycles. The second-order valence-electron chi connectivity index (χ2n) is 6.00. The van der Waals surface area contributed by atoms with Crippen molar-refractivity contribution in [3.05, 3.63) is 64.9 Å². The minimum atomic E-state index is -0.414. The van der Waals surface area contributed by atoms with Crippen LogP contribution in [0.5, 0.6) is 11.5 Å². The molecule has 26 heavy (non-hydrogen) atoms. The largest absolute Gasteiger partial charge is 0.497 e. The Morgan fingerprint density at radius 3 is 2.46 bits per heavy atom. The van der Waals surface area contributed by atoms with Crippen molar-refractivity contribution in [2.45, 2.75) is 19.8 Å². The first-order chi connectivity index (χ1) is 12.6. The predicted octanol–water partition coefficient (Wildman–Crippen LogP) is 3.94. The van der Waals surface area contributed by atoms with Crippen LogP contribution in [-0.2, 0) is 16.0 Å². The van der Waals surface area contributed by atoms with Crippen LogP contribution in [0, 0.1) is 6.92 Å². The monoisotopic (exact) mass is 351 g/mol. The molecule has 134 valence electrons. The standard InChI is InChI=1S/C21H21NO4/c1-14-12-16(6-10-19(14)25-3)13-18-21(23)26-20(22-18)11-7-15-4-8-17(24-2)9-5-15/h4-6,8-10,12-13H,7,11H2,1-3H3/b18-13+. The maximum atomic E-state index is 12.0. The number of aliphatic imine (C=N–C) groups is 1. The number of hydrogen-bond acceptors (Lipinski definition) is 5. The molecule has 0 spiro atoms. The molecule has 0 unspecified atom stereocenters. The molecule has 3 rings (SSSR count). The first kappa shape index (κ1) is 17.7. The lowest BCUT2D eigenvalue weighted by molar-refractivity contribution is -0.130. The SMILES string of the molecule is COc1ccc(CCC2=N/C(=C/c3ccc(OC)c(C)c3)C(=O)O2)cc1. The van der Waals surface area contributed by atoms with Gasteiger partial charge in [-0.15, -0.1) is 0 Å². The number of cyclic esters (lactones) is 1. The van der Waals surface area contributed by atoms with Gasteiger partial charge < -0.3 is 14.2 Å². The molecule has 0 saturated carbocycles. The summed E-state index contributed by atoms with van der Waals surface area (Å²) < 4.78 is 15.7. The molecule has 0 bridgehead atoms. The van der Waals surface area contributed by atoms with Crippen molar-refractivity contribution in [2.24, 2.45) is 4.99 Å². The first-order valence-electron chi connectivity index (χ1n) is 8.38. The van der Waals surface area contributed by atoms with Crippen molar-refractivity contribution in [1.82, 2.24) is 0 Å². The maximum absolute atomic E-state index is 12.0. The Hall–Kier alpha value is -3.08. The Balaban J connectivity index is 1.68. The zero-order chi connectivity index (χ0) is 18.5. The van der Waals surface area contributed by atoms with E-state index in [2.05, 4.69) is 4.99 Å². The van der Waals surface area contributed by atoms with Gasteiger partial charge in [0.25, 0.3) is 0 Å². The number of carbonyl (C=O) groups excluding carboxylic acids is 1. The molecule has 2 aromatic rings. The number of carbonyl (C=O) groups is 1. The van der Waals surface area contributed by atoms with Crippen molar-refractivity contribution in [2.75, 3.05) is 14.2 Å². The Labute approximate surface area is 152 Å². The average molecular weight is 351 g/mol. The fraction of sp³-hybridized carbons (Fsp3) is 0.238. The summed E-state index contributed by atoms with van der Waals surface area (Å²) in [7, 11) is 3.27. The van der Waals surface area contributed by atoms with Crippen LogP contribution in [0.25, 0.3) is 6.08 Å². The minimum absolute atomic E-state index is 0.319. The summed E-state index contributed by atoms with van der Waals surface area (Å²) in [5.41, 5.74) is 3.33. The molecule has 0 fully saturated rings. The molecule has 1 aliphatic rings. The molecule has 0 amide bonds. The van der Waals surface area contributed by atoms with Crippen LogP contribution in [0.2, 0.25) is 0 Å². The normalized spacial score (nSPS) is 15.0. The molecule has 0 N–H and O–H groups in total. The van der Waals surface area contributed by atoms with Crippen molar-refractivity contribution in [1.29, 1.82) is 0 Å². The summed E-state index contributed by atoms with van der Waals surface area (Å²) in [6.07, 6.45) is 3.04. The first-order valence-corrected chi connectivity index (χ1v) is 8.38. The van der Waals surface area contributed by atoms with Gasteiger partial charge in [0.15, 0.2) is 11.6 Å². The van der Waals surface area contributed by atoms with Gasteiger partial charge >= 0.3 is 5.97 Å². The third-order valence-electron chi connectivity index (χ3n) is 4.17. The van der Waals surface area contributed by atoms with Crippen molar-refractivity contribution in [3.63, 3.8) is 0 Å². The second kappa shape index (κ2) is 7.87. The molecular weight excluding hydrogens is 330 g/mol. The highest BCUT2D eigenvalue weighted by Gasteiger charge is 2.22. The molecule has 1 heterocycles. The van der Waals surface area contributed by atoms with Crippen molar-refractivity contribution >= 4 is 17.9 Å². The van der Waals surface area contributed by atoms with Gasteiger partial charge in [-0.2, -0.15) is 0 Å². The van der Waals surface area contributed by atoms with Crippen LogP contribution in [0.4, 0.5) is 0 Å². The van der Waals surface area contributed by atoms with Gasteiger partial charge in [0.2, 0.25) is 0 Å². The Morgan fingerprint density at radius 2 is 1.81 bits per heavy atom. The van der Waals surface area contributed by atoms with Gasteiger partial charge in [0, 0.05) is 6.42 Å². The number of esters is 1. The van der Waals surface area contributed by atoms with E-state index in [4.69, 9.17) is 14.2 Å². The second-order valence-corrected chi connectivity index (χ2v) is 6.00. The third kappa shape index (κ3) is 4.11. The van der Waals surface area contributed by atoms with Crippen LogP contribution in [0.15, 0.2) is 53.2 Å². The fourth-order valence-corrected chi connectivity index (χ4v) is 2.75. The van der Waals surface area contributed by atoms with E-state index in [9.17, 15) is 4.79 Å². The molecule has 5 heteroatoms. The van der Waals surface area contributed by atoms with E-state index in [1.165, 1.54) is 0 Å². The van der Waals surface area contributed by atoms with E-state index in [0.29, 0.717) is 18.0 Å². The average Bonchev–Trinajstić information content (AvgIpc) is 3.00. The number of methoxy groups -OCH3 is 2. The van der Waals surface area contributed by atoms with Gasteiger partial charge in [0.05, 0.1) is 14.2 Å². The fourth-order valence-electron chi connectivity index (χ4n) is 2.75. The molecular formula is C21H21NO4. The van der Waals surface area contributed by atoms with Crippen LogP contribution in [0.3, 0.4) is 0 Å². The Kier molecular flexibility index (Phi) is 5.37. The van der Waals surface area contributed by atoms with Crippen LogP contribution in [0.1, 0.15) is 23.1 Å². The number of benzene rings is 2. The number of hydrogen-bond donors (Lipinski definition) is 0. The van der Waals surface area contributed by atoms with E-state index >= 15 is 0 Å². The molecule has 0 saturated heterocycles. The summed E-state index contributed by atoms with van der Waals surface area (Å²) >= 11 is 0. The third-order valence-corrected chi connectivity index (χ3v) is 4.17. The summed E-state index contributed by atoms with van der Waals surface area (Å²) in [6.45, 7) is 1.96. The number of ether oxygens (including phenoxy) is 3. The summed E-state index contributed by atoms with van der Waals surface area (Å²) in [5.74, 6) is 1.66. The zero-order valence-corrected chi connectivity index (χ0v) is 15.1. The molecule has 2 aromatic carbocycles. The minimum Gasteiger partial charge on any atom is -0.497 e. The van der Waals surface area contributed by atoms with E-state index in [-0.39, 0.29) is 0 Å². The van der Waals surface area contributed by atoms with Gasteiger partial charge in [-0.3, -0.25) is 0 Å². The lowest BCUT2D eigenvalue weighted by Crippen LogP contribution is -2.05. The summed E-state index contributed by atoms with van der Waals surface area (Å²) in [6, 6.07) is 13.5.